The van der Waals surface area contributed by atoms with Crippen LogP contribution in [0.25, 0.3) is 0 Å². The topological polar surface area (TPSA) is 37.8 Å². The van der Waals surface area contributed by atoms with Crippen molar-refractivity contribution >= 4 is 11.8 Å². The number of rotatable bonds is 5. The van der Waals surface area contributed by atoms with E-state index in [9.17, 15) is 0 Å². The van der Waals surface area contributed by atoms with Gasteiger partial charge < -0.3 is 5.32 Å². The smallest absolute Gasteiger partial charge is 0.116 e. The minimum absolute atomic E-state index is 0.166. The Balaban J connectivity index is 2.55. The van der Waals surface area contributed by atoms with Gasteiger partial charge in [0.15, 0.2) is 0 Å². The van der Waals surface area contributed by atoms with E-state index in [1.165, 1.54) is 0 Å². The van der Waals surface area contributed by atoms with Crippen molar-refractivity contribution in [2.24, 2.45) is 5.92 Å². The first-order chi connectivity index (χ1) is 7.88. The first-order valence-electron chi connectivity index (χ1n) is 6.06. The molecule has 0 saturated carbocycles. The summed E-state index contributed by atoms with van der Waals surface area (Å²) in [6.07, 6.45) is 3.40. The Morgan fingerprint density at radius 2 is 2.06 bits per heavy atom. The maximum Gasteiger partial charge on any atom is 0.116 e. The van der Waals surface area contributed by atoms with Crippen molar-refractivity contribution < 1.29 is 0 Å². The van der Waals surface area contributed by atoms with Crippen molar-refractivity contribution in [3.05, 3.63) is 18.6 Å². The van der Waals surface area contributed by atoms with Crippen LogP contribution in [-0.2, 0) is 0 Å². The van der Waals surface area contributed by atoms with Crippen molar-refractivity contribution in [2.45, 2.75) is 50.4 Å². The summed E-state index contributed by atoms with van der Waals surface area (Å²) in [5, 5.41) is 5.14. The van der Waals surface area contributed by atoms with Gasteiger partial charge in [-0.15, -0.1) is 11.8 Å². The molecule has 0 aliphatic heterocycles. The third-order valence-electron chi connectivity index (χ3n) is 2.40. The molecule has 1 N–H and O–H groups in total. The van der Waals surface area contributed by atoms with Gasteiger partial charge in [-0.05, 0) is 32.8 Å². The number of nitrogens with one attached hydrogen (secondary N) is 1. The number of nitrogens with zero attached hydrogens (tertiary/aromatic N) is 2. The van der Waals surface area contributed by atoms with Crippen LogP contribution in [-0.4, -0.2) is 27.3 Å². The van der Waals surface area contributed by atoms with E-state index in [0.29, 0.717) is 11.2 Å². The summed E-state index contributed by atoms with van der Waals surface area (Å²) >= 11 is 1.82. The molecule has 3 nitrogen and oxygen atoms in total. The fourth-order valence-electron chi connectivity index (χ4n) is 1.32. The highest BCUT2D eigenvalue weighted by molar-refractivity contribution is 7.99. The van der Waals surface area contributed by atoms with E-state index in [0.717, 1.165) is 11.6 Å². The first kappa shape index (κ1) is 14.5. The first-order valence-corrected chi connectivity index (χ1v) is 6.94. The van der Waals surface area contributed by atoms with Gasteiger partial charge in [-0.25, -0.2) is 9.97 Å². The number of hydrogen-bond donors (Lipinski definition) is 1. The molecule has 0 fully saturated rings. The summed E-state index contributed by atoms with van der Waals surface area (Å²) in [5.74, 6) is 0.616. The molecule has 0 aromatic carbocycles. The van der Waals surface area contributed by atoms with Crippen LogP contribution in [0, 0.1) is 5.92 Å². The summed E-state index contributed by atoms with van der Waals surface area (Å²) in [4.78, 5) is 8.21. The zero-order valence-electron chi connectivity index (χ0n) is 11.4. The Hall–Kier alpha value is -0.610. The van der Waals surface area contributed by atoms with Gasteiger partial charge in [0.25, 0.3) is 0 Å². The summed E-state index contributed by atoms with van der Waals surface area (Å²) in [5.41, 5.74) is 0.166. The Morgan fingerprint density at radius 1 is 1.35 bits per heavy atom. The molecule has 0 bridgehead atoms. The van der Waals surface area contributed by atoms with Gasteiger partial charge in [-0.2, -0.15) is 0 Å². The van der Waals surface area contributed by atoms with Crippen LogP contribution in [0.1, 0.15) is 34.6 Å². The largest absolute Gasteiger partial charge is 0.311 e. The molecule has 1 atom stereocenters. The Kier molecular flexibility index (Phi) is 5.40. The molecule has 4 heteroatoms. The van der Waals surface area contributed by atoms with E-state index in [2.05, 4.69) is 49.9 Å². The Morgan fingerprint density at radius 3 is 2.53 bits per heavy atom. The number of thioether (sulfide) groups is 1. The molecular weight excluding hydrogens is 230 g/mol. The van der Waals surface area contributed by atoms with Crippen molar-refractivity contribution in [1.29, 1.82) is 0 Å². The van der Waals surface area contributed by atoms with Crippen molar-refractivity contribution in [3.63, 3.8) is 0 Å². The average Bonchev–Trinajstić information content (AvgIpc) is 2.24. The minimum atomic E-state index is 0.166. The average molecular weight is 253 g/mol. The van der Waals surface area contributed by atoms with Crippen LogP contribution in [0.2, 0.25) is 0 Å². The second kappa shape index (κ2) is 6.36. The molecular formula is C13H23N3S. The number of aromatic nitrogens is 2. The van der Waals surface area contributed by atoms with Gasteiger partial charge in [0.2, 0.25) is 0 Å². The van der Waals surface area contributed by atoms with E-state index in [1.807, 2.05) is 17.8 Å². The highest BCUT2D eigenvalue weighted by atomic mass is 32.2. The quantitative estimate of drug-likeness (QED) is 0.646. The van der Waals surface area contributed by atoms with E-state index in [4.69, 9.17) is 0 Å². The molecule has 1 heterocycles. The minimum Gasteiger partial charge on any atom is -0.311 e. The third kappa shape index (κ3) is 6.03. The van der Waals surface area contributed by atoms with Crippen molar-refractivity contribution in [2.75, 3.05) is 6.54 Å². The maximum absolute atomic E-state index is 4.27. The lowest BCUT2D eigenvalue weighted by molar-refractivity contribution is 0.408. The predicted molar refractivity (Wildman–Crippen MR) is 74.3 cm³/mol. The van der Waals surface area contributed by atoms with Crippen LogP contribution in [0.15, 0.2) is 23.6 Å². The molecule has 1 aromatic heterocycles. The van der Waals surface area contributed by atoms with Gasteiger partial charge >= 0.3 is 0 Å². The summed E-state index contributed by atoms with van der Waals surface area (Å²) in [6, 6.07) is 1.97. The van der Waals surface area contributed by atoms with Crippen LogP contribution < -0.4 is 5.32 Å². The monoisotopic (exact) mass is 253 g/mol. The second-order valence-electron chi connectivity index (χ2n) is 5.58. The van der Waals surface area contributed by atoms with Crippen LogP contribution in [0.3, 0.4) is 0 Å². The molecule has 1 aromatic rings. The zero-order chi connectivity index (χ0) is 12.9. The molecule has 0 aliphatic carbocycles. The van der Waals surface area contributed by atoms with Gasteiger partial charge in [0, 0.05) is 23.5 Å². The van der Waals surface area contributed by atoms with E-state index >= 15 is 0 Å². The molecule has 0 spiro atoms. The highest BCUT2D eigenvalue weighted by Gasteiger charge is 2.18. The molecule has 17 heavy (non-hydrogen) atoms. The molecule has 1 unspecified atom stereocenters. The summed E-state index contributed by atoms with van der Waals surface area (Å²) < 4.78 is 0. The van der Waals surface area contributed by atoms with Gasteiger partial charge in [-0.1, -0.05) is 13.8 Å². The SMILES string of the molecule is CC(C)C(CNC(C)(C)C)Sc1ccncn1. The van der Waals surface area contributed by atoms with Crippen LogP contribution in [0.5, 0.6) is 0 Å². The fourth-order valence-corrected chi connectivity index (χ4v) is 2.32. The highest BCUT2D eigenvalue weighted by Crippen LogP contribution is 2.25. The summed E-state index contributed by atoms with van der Waals surface area (Å²) in [6.45, 7) is 12.1. The molecule has 0 amide bonds. The maximum atomic E-state index is 4.27. The zero-order valence-corrected chi connectivity index (χ0v) is 12.2. The standard InChI is InChI=1S/C13H23N3S/c1-10(2)11(8-16-13(3,4)5)17-12-6-7-14-9-15-12/h6-7,9-11,16H,8H2,1-5H3. The number of hydrogen-bond acceptors (Lipinski definition) is 4. The lowest BCUT2D eigenvalue weighted by Crippen LogP contribution is -2.41. The predicted octanol–water partition coefficient (Wildman–Crippen LogP) is 2.98. The van der Waals surface area contributed by atoms with E-state index < -0.39 is 0 Å². The van der Waals surface area contributed by atoms with E-state index in [-0.39, 0.29) is 5.54 Å². The van der Waals surface area contributed by atoms with Gasteiger partial charge in [0.1, 0.15) is 6.33 Å². The van der Waals surface area contributed by atoms with Crippen LogP contribution >= 0.6 is 11.8 Å². The summed E-state index contributed by atoms with van der Waals surface area (Å²) in [7, 11) is 0. The van der Waals surface area contributed by atoms with Gasteiger partial charge in [-0.3, -0.25) is 0 Å². The van der Waals surface area contributed by atoms with E-state index in [1.54, 1.807) is 12.5 Å². The van der Waals surface area contributed by atoms with Crippen LogP contribution in [0.4, 0.5) is 0 Å². The third-order valence-corrected chi connectivity index (χ3v) is 3.90. The second-order valence-corrected chi connectivity index (χ2v) is 6.84. The Labute approximate surface area is 109 Å². The molecule has 0 radical (unpaired) electrons. The van der Waals surface area contributed by atoms with Crippen molar-refractivity contribution in [1.82, 2.24) is 15.3 Å². The lowest BCUT2D eigenvalue weighted by atomic mass is 10.1. The van der Waals surface area contributed by atoms with Gasteiger partial charge in [0.05, 0.1) is 5.03 Å². The lowest BCUT2D eigenvalue weighted by Gasteiger charge is -2.26. The van der Waals surface area contributed by atoms with Crippen molar-refractivity contribution in [3.8, 4) is 0 Å². The molecule has 0 aliphatic rings. The normalized spacial score (nSPS) is 14.0. The molecule has 0 saturated heterocycles. The fraction of sp³-hybridized carbons (Fsp3) is 0.692. The Bertz CT molecular complexity index is 319. The molecule has 1 rings (SSSR count). The molecule has 96 valence electrons.